The molecule has 100 valence electrons. The van der Waals surface area contributed by atoms with Crippen LogP contribution in [0.4, 0.5) is 0 Å². The van der Waals surface area contributed by atoms with Gasteiger partial charge in [0.2, 0.25) is 0 Å². The minimum Gasteiger partial charge on any atom is -0.387 e. The Hall–Kier alpha value is -0.900. The zero-order valence-corrected chi connectivity index (χ0v) is 11.5. The van der Waals surface area contributed by atoms with Crippen LogP contribution in [-0.2, 0) is 0 Å². The monoisotopic (exact) mass is 248 g/mol. The van der Waals surface area contributed by atoms with Gasteiger partial charge in [-0.2, -0.15) is 0 Å². The number of aliphatic hydroxyl groups excluding tert-OH is 1. The van der Waals surface area contributed by atoms with Crippen LogP contribution in [0.5, 0.6) is 0 Å². The molecule has 1 atom stereocenters. The summed E-state index contributed by atoms with van der Waals surface area (Å²) in [5, 5.41) is 10.3. The average molecular weight is 248 g/mol. The van der Waals surface area contributed by atoms with Crippen molar-refractivity contribution in [2.45, 2.75) is 19.4 Å². The summed E-state index contributed by atoms with van der Waals surface area (Å²) in [5.74, 6) is 0. The van der Waals surface area contributed by atoms with Gasteiger partial charge in [0.1, 0.15) is 0 Å². The minimum absolute atomic E-state index is 0.367. The Morgan fingerprint density at radius 1 is 1.22 bits per heavy atom. The van der Waals surface area contributed by atoms with Gasteiger partial charge in [-0.3, -0.25) is 4.90 Å². The van der Waals surface area contributed by atoms with Crippen LogP contribution in [0.15, 0.2) is 24.3 Å². The highest BCUT2D eigenvalue weighted by molar-refractivity contribution is 5.24. The van der Waals surface area contributed by atoms with Crippen molar-refractivity contribution in [2.24, 2.45) is 0 Å². The fraction of sp³-hybridized carbons (Fsp3) is 0.600. The first-order valence-electron chi connectivity index (χ1n) is 6.80. The summed E-state index contributed by atoms with van der Waals surface area (Å²) in [7, 11) is 2.17. The van der Waals surface area contributed by atoms with E-state index in [0.717, 1.165) is 38.3 Å². The lowest BCUT2D eigenvalue weighted by atomic mass is 10.1. The zero-order valence-electron chi connectivity index (χ0n) is 11.5. The van der Waals surface area contributed by atoms with E-state index in [0.29, 0.717) is 0 Å². The van der Waals surface area contributed by atoms with Crippen LogP contribution in [0.2, 0.25) is 0 Å². The molecule has 3 heteroatoms. The standard InChI is InChI=1S/C15H24N2O/c1-13-5-3-6-14(11-13)15(18)12-17-8-4-7-16(2)9-10-17/h3,5-6,11,15,18H,4,7-10,12H2,1-2H3. The maximum Gasteiger partial charge on any atom is 0.0917 e. The molecule has 3 nitrogen and oxygen atoms in total. The largest absolute Gasteiger partial charge is 0.387 e. The molecule has 0 amide bonds. The lowest BCUT2D eigenvalue weighted by Gasteiger charge is -2.23. The Bertz CT molecular complexity index is 381. The summed E-state index contributed by atoms with van der Waals surface area (Å²) in [6.07, 6.45) is 0.824. The molecule has 1 saturated heterocycles. The number of β-amino-alcohol motifs (C(OH)–C–C–N with tert-alkyl or cyclic N) is 1. The van der Waals surface area contributed by atoms with Crippen molar-refractivity contribution in [3.63, 3.8) is 0 Å². The second-order valence-electron chi connectivity index (χ2n) is 5.39. The van der Waals surface area contributed by atoms with Crippen molar-refractivity contribution in [2.75, 3.05) is 39.8 Å². The van der Waals surface area contributed by atoms with Crippen LogP contribution in [0.3, 0.4) is 0 Å². The van der Waals surface area contributed by atoms with E-state index >= 15 is 0 Å². The summed E-state index contributed by atoms with van der Waals surface area (Å²) in [6, 6.07) is 8.18. The van der Waals surface area contributed by atoms with Crippen LogP contribution in [0.25, 0.3) is 0 Å². The van der Waals surface area contributed by atoms with Crippen molar-refractivity contribution < 1.29 is 5.11 Å². The van der Waals surface area contributed by atoms with Crippen molar-refractivity contribution in [3.05, 3.63) is 35.4 Å². The summed E-state index contributed by atoms with van der Waals surface area (Å²) in [4.78, 5) is 4.73. The predicted molar refractivity (Wildman–Crippen MR) is 74.7 cm³/mol. The van der Waals surface area contributed by atoms with Gasteiger partial charge in [-0.25, -0.2) is 0 Å². The van der Waals surface area contributed by atoms with Gasteiger partial charge in [0.15, 0.2) is 0 Å². The Labute approximate surface area is 110 Å². The second kappa shape index (κ2) is 6.32. The van der Waals surface area contributed by atoms with E-state index in [4.69, 9.17) is 0 Å². The van der Waals surface area contributed by atoms with E-state index in [1.165, 1.54) is 12.0 Å². The summed E-state index contributed by atoms with van der Waals surface area (Å²) in [6.45, 7) is 7.22. The first-order valence-corrected chi connectivity index (χ1v) is 6.80. The van der Waals surface area contributed by atoms with Gasteiger partial charge in [-0.05, 0) is 39.0 Å². The number of aryl methyl sites for hydroxylation is 1. The smallest absolute Gasteiger partial charge is 0.0917 e. The van der Waals surface area contributed by atoms with Crippen molar-refractivity contribution in [3.8, 4) is 0 Å². The molecule has 0 radical (unpaired) electrons. The van der Waals surface area contributed by atoms with Gasteiger partial charge < -0.3 is 10.0 Å². The highest BCUT2D eigenvalue weighted by atomic mass is 16.3. The fourth-order valence-corrected chi connectivity index (χ4v) is 2.51. The summed E-state index contributed by atoms with van der Waals surface area (Å²) >= 11 is 0. The van der Waals surface area contributed by atoms with Crippen LogP contribution < -0.4 is 0 Å². The molecule has 0 aromatic heterocycles. The Kier molecular flexibility index (Phi) is 4.75. The van der Waals surface area contributed by atoms with Crippen molar-refractivity contribution in [1.82, 2.24) is 9.80 Å². The quantitative estimate of drug-likeness (QED) is 0.881. The number of hydrogen-bond acceptors (Lipinski definition) is 3. The minimum atomic E-state index is -0.367. The van der Waals surface area contributed by atoms with E-state index in [1.54, 1.807) is 0 Å². The van der Waals surface area contributed by atoms with E-state index < -0.39 is 0 Å². The van der Waals surface area contributed by atoms with Gasteiger partial charge in [0.25, 0.3) is 0 Å². The van der Waals surface area contributed by atoms with Gasteiger partial charge in [0, 0.05) is 19.6 Å². The van der Waals surface area contributed by atoms with Crippen LogP contribution in [-0.4, -0.2) is 54.7 Å². The van der Waals surface area contributed by atoms with Gasteiger partial charge >= 0.3 is 0 Å². The molecule has 1 heterocycles. The van der Waals surface area contributed by atoms with E-state index in [2.05, 4.69) is 35.9 Å². The molecule has 1 aromatic carbocycles. The number of rotatable bonds is 3. The molecular weight excluding hydrogens is 224 g/mol. The van der Waals surface area contributed by atoms with E-state index in [9.17, 15) is 5.11 Å². The highest BCUT2D eigenvalue weighted by Crippen LogP contribution is 2.16. The van der Waals surface area contributed by atoms with Crippen molar-refractivity contribution >= 4 is 0 Å². The molecule has 1 aliphatic heterocycles. The normalized spacial score (nSPS) is 20.6. The molecule has 1 aromatic rings. The molecule has 2 rings (SSSR count). The zero-order chi connectivity index (χ0) is 13.0. The molecule has 1 fully saturated rings. The second-order valence-corrected chi connectivity index (χ2v) is 5.39. The topological polar surface area (TPSA) is 26.7 Å². The van der Waals surface area contributed by atoms with Crippen LogP contribution in [0, 0.1) is 6.92 Å². The first kappa shape index (κ1) is 13.5. The number of nitrogens with zero attached hydrogens (tertiary/aromatic N) is 2. The lowest BCUT2D eigenvalue weighted by Crippen LogP contribution is -2.32. The Morgan fingerprint density at radius 3 is 2.83 bits per heavy atom. The first-order chi connectivity index (χ1) is 8.65. The van der Waals surface area contributed by atoms with Gasteiger partial charge in [-0.15, -0.1) is 0 Å². The van der Waals surface area contributed by atoms with E-state index in [1.807, 2.05) is 12.1 Å². The molecule has 1 aliphatic rings. The molecule has 1 N–H and O–H groups in total. The highest BCUT2D eigenvalue weighted by Gasteiger charge is 2.16. The van der Waals surface area contributed by atoms with Crippen molar-refractivity contribution in [1.29, 1.82) is 0 Å². The third kappa shape index (κ3) is 3.80. The molecular formula is C15H24N2O. The third-order valence-corrected chi connectivity index (χ3v) is 3.67. The average Bonchev–Trinajstić information content (AvgIpc) is 2.54. The third-order valence-electron chi connectivity index (χ3n) is 3.67. The molecule has 0 aliphatic carbocycles. The lowest BCUT2D eigenvalue weighted by molar-refractivity contribution is 0.115. The molecule has 0 spiro atoms. The summed E-state index contributed by atoms with van der Waals surface area (Å²) < 4.78 is 0. The maximum absolute atomic E-state index is 10.3. The summed E-state index contributed by atoms with van der Waals surface area (Å²) in [5.41, 5.74) is 2.25. The fourth-order valence-electron chi connectivity index (χ4n) is 2.51. The van der Waals surface area contributed by atoms with Gasteiger partial charge in [-0.1, -0.05) is 29.8 Å². The predicted octanol–water partition coefficient (Wildman–Crippen LogP) is 1.67. The molecule has 0 saturated carbocycles. The Balaban J connectivity index is 1.92. The Morgan fingerprint density at radius 2 is 2.06 bits per heavy atom. The van der Waals surface area contributed by atoms with E-state index in [-0.39, 0.29) is 6.10 Å². The van der Waals surface area contributed by atoms with Crippen LogP contribution in [0.1, 0.15) is 23.7 Å². The molecule has 18 heavy (non-hydrogen) atoms. The number of aliphatic hydroxyl groups is 1. The maximum atomic E-state index is 10.3. The molecule has 1 unspecified atom stereocenters. The van der Waals surface area contributed by atoms with Crippen LogP contribution >= 0.6 is 0 Å². The number of hydrogen-bond donors (Lipinski definition) is 1. The SMILES string of the molecule is Cc1cccc(C(O)CN2CCCN(C)CC2)c1. The number of likely N-dealkylation sites (N-methyl/N-ethyl adjacent to an activating group) is 1. The van der Waals surface area contributed by atoms with Gasteiger partial charge in [0.05, 0.1) is 6.10 Å². The molecule has 0 bridgehead atoms. The number of benzene rings is 1.